The van der Waals surface area contributed by atoms with E-state index in [0.29, 0.717) is 25.1 Å². The molecule has 0 aliphatic heterocycles. The minimum Gasteiger partial charge on any atom is -0.352 e. The summed E-state index contributed by atoms with van der Waals surface area (Å²) in [5.74, 6) is -0.381. The summed E-state index contributed by atoms with van der Waals surface area (Å²) in [6.07, 6.45) is 0.595. The van der Waals surface area contributed by atoms with Gasteiger partial charge in [0.1, 0.15) is 5.82 Å². The predicted octanol–water partition coefficient (Wildman–Crippen LogP) is 3.64. The molecule has 27 heavy (non-hydrogen) atoms. The van der Waals surface area contributed by atoms with E-state index >= 15 is 0 Å². The molecule has 0 aliphatic rings. The summed E-state index contributed by atoms with van der Waals surface area (Å²) in [6.45, 7) is 4.98. The minimum absolute atomic E-state index is 0.0654. The van der Waals surface area contributed by atoms with Gasteiger partial charge in [-0.2, -0.15) is 0 Å². The van der Waals surface area contributed by atoms with E-state index in [0.717, 1.165) is 5.56 Å². The van der Waals surface area contributed by atoms with E-state index in [4.69, 9.17) is 0 Å². The zero-order chi connectivity index (χ0) is 19.6. The Balaban J connectivity index is 1.69. The van der Waals surface area contributed by atoms with Gasteiger partial charge in [-0.1, -0.05) is 44.2 Å². The number of amides is 3. The van der Waals surface area contributed by atoms with Crippen LogP contribution in [0.5, 0.6) is 0 Å². The molecule has 144 valence electrons. The zero-order valence-electron chi connectivity index (χ0n) is 15.7. The van der Waals surface area contributed by atoms with Gasteiger partial charge in [-0.05, 0) is 42.2 Å². The lowest BCUT2D eigenvalue weighted by molar-refractivity contribution is 0.0953. The zero-order valence-corrected chi connectivity index (χ0v) is 15.7. The fourth-order valence-corrected chi connectivity index (χ4v) is 2.68. The molecule has 5 nitrogen and oxygen atoms in total. The Morgan fingerprint density at radius 2 is 1.56 bits per heavy atom. The highest BCUT2D eigenvalue weighted by molar-refractivity contribution is 5.94. The molecule has 0 aromatic heterocycles. The lowest BCUT2D eigenvalue weighted by Crippen LogP contribution is -2.40. The number of urea groups is 1. The molecule has 6 heteroatoms. The minimum atomic E-state index is -0.378. The average Bonchev–Trinajstić information content (AvgIpc) is 2.66. The van der Waals surface area contributed by atoms with Crippen LogP contribution in [0.3, 0.4) is 0 Å². The van der Waals surface area contributed by atoms with Crippen LogP contribution in [0.2, 0.25) is 0 Å². The second-order valence-electron chi connectivity index (χ2n) is 6.65. The van der Waals surface area contributed by atoms with Gasteiger partial charge in [0.2, 0.25) is 0 Å². The number of hydrogen-bond acceptors (Lipinski definition) is 2. The molecule has 3 N–H and O–H groups in total. The van der Waals surface area contributed by atoms with Crippen LogP contribution in [-0.4, -0.2) is 25.0 Å². The maximum absolute atomic E-state index is 12.8. The molecule has 1 atom stereocenters. The Hall–Kier alpha value is -2.89. The van der Waals surface area contributed by atoms with Crippen LogP contribution in [0.1, 0.15) is 42.2 Å². The van der Waals surface area contributed by atoms with Gasteiger partial charge < -0.3 is 16.0 Å². The van der Waals surface area contributed by atoms with Crippen LogP contribution in [0, 0.1) is 11.7 Å². The van der Waals surface area contributed by atoms with Crippen LogP contribution >= 0.6 is 0 Å². The van der Waals surface area contributed by atoms with E-state index < -0.39 is 0 Å². The smallest absolute Gasteiger partial charge is 0.315 e. The first-order valence-corrected chi connectivity index (χ1v) is 9.10. The highest BCUT2D eigenvalue weighted by Crippen LogP contribution is 2.20. The topological polar surface area (TPSA) is 70.2 Å². The van der Waals surface area contributed by atoms with Crippen molar-refractivity contribution in [3.8, 4) is 0 Å². The van der Waals surface area contributed by atoms with Crippen molar-refractivity contribution >= 4 is 11.9 Å². The van der Waals surface area contributed by atoms with E-state index in [1.54, 1.807) is 0 Å². The van der Waals surface area contributed by atoms with Crippen molar-refractivity contribution in [3.05, 3.63) is 71.5 Å². The van der Waals surface area contributed by atoms with Crippen molar-refractivity contribution in [2.75, 3.05) is 13.1 Å². The average molecular weight is 371 g/mol. The quantitative estimate of drug-likeness (QED) is 0.620. The summed E-state index contributed by atoms with van der Waals surface area (Å²) in [5, 5.41) is 8.54. The van der Waals surface area contributed by atoms with Crippen LogP contribution < -0.4 is 16.0 Å². The third kappa shape index (κ3) is 6.73. The Labute approximate surface area is 159 Å². The van der Waals surface area contributed by atoms with Gasteiger partial charge in [0.25, 0.3) is 5.91 Å². The standard InChI is InChI=1S/C21H26FN3O2/c1-15(2)19(16-7-4-3-5-8-16)25-21(27)24-14-6-13-23-20(26)17-9-11-18(22)12-10-17/h3-5,7-12,15,19H,6,13-14H2,1-2H3,(H,23,26)(H2,24,25,27). The fourth-order valence-electron chi connectivity index (χ4n) is 2.68. The maximum Gasteiger partial charge on any atom is 0.315 e. The molecule has 2 aromatic rings. The molecule has 0 bridgehead atoms. The number of rotatable bonds is 8. The second kappa shape index (κ2) is 10.3. The van der Waals surface area contributed by atoms with Gasteiger partial charge in [0.05, 0.1) is 6.04 Å². The van der Waals surface area contributed by atoms with Crippen LogP contribution in [0.15, 0.2) is 54.6 Å². The highest BCUT2D eigenvalue weighted by atomic mass is 19.1. The molecule has 1 unspecified atom stereocenters. The molecule has 0 spiro atoms. The molecule has 2 aromatic carbocycles. The first kappa shape index (κ1) is 20.4. The van der Waals surface area contributed by atoms with E-state index in [2.05, 4.69) is 29.8 Å². The van der Waals surface area contributed by atoms with Crippen molar-refractivity contribution in [2.24, 2.45) is 5.92 Å². The summed E-state index contributed by atoms with van der Waals surface area (Å²) in [5.41, 5.74) is 1.47. The molecular weight excluding hydrogens is 345 g/mol. The van der Waals surface area contributed by atoms with Gasteiger partial charge in [-0.25, -0.2) is 9.18 Å². The van der Waals surface area contributed by atoms with Crippen molar-refractivity contribution in [1.29, 1.82) is 0 Å². The lowest BCUT2D eigenvalue weighted by atomic mass is 9.96. The van der Waals surface area contributed by atoms with Crippen molar-refractivity contribution < 1.29 is 14.0 Å². The summed E-state index contributed by atoms with van der Waals surface area (Å²) < 4.78 is 12.8. The number of nitrogens with one attached hydrogen (secondary N) is 3. The summed E-state index contributed by atoms with van der Waals surface area (Å²) >= 11 is 0. The largest absolute Gasteiger partial charge is 0.352 e. The number of carbonyl (C=O) groups excluding carboxylic acids is 2. The summed E-state index contributed by atoms with van der Waals surface area (Å²) in [7, 11) is 0. The molecule has 3 amide bonds. The number of halogens is 1. The van der Waals surface area contributed by atoms with Crippen molar-refractivity contribution in [3.63, 3.8) is 0 Å². The Morgan fingerprint density at radius 1 is 0.926 bits per heavy atom. The van der Waals surface area contributed by atoms with Crippen LogP contribution in [0.25, 0.3) is 0 Å². The molecule has 2 rings (SSSR count). The highest BCUT2D eigenvalue weighted by Gasteiger charge is 2.17. The van der Waals surface area contributed by atoms with E-state index in [1.165, 1.54) is 24.3 Å². The van der Waals surface area contributed by atoms with Crippen molar-refractivity contribution in [2.45, 2.75) is 26.3 Å². The second-order valence-corrected chi connectivity index (χ2v) is 6.65. The van der Waals surface area contributed by atoms with E-state index in [-0.39, 0.29) is 29.7 Å². The molecule has 0 heterocycles. The molecule has 0 radical (unpaired) electrons. The van der Waals surface area contributed by atoms with E-state index in [1.807, 2.05) is 30.3 Å². The normalized spacial score (nSPS) is 11.7. The predicted molar refractivity (Wildman–Crippen MR) is 104 cm³/mol. The Kier molecular flexibility index (Phi) is 7.79. The molecule has 0 fully saturated rings. The lowest BCUT2D eigenvalue weighted by Gasteiger charge is -2.23. The molecule has 0 aliphatic carbocycles. The van der Waals surface area contributed by atoms with Crippen molar-refractivity contribution in [1.82, 2.24) is 16.0 Å². The Bertz CT molecular complexity index is 733. The van der Waals surface area contributed by atoms with Gasteiger partial charge in [0, 0.05) is 18.7 Å². The Morgan fingerprint density at radius 3 is 2.19 bits per heavy atom. The number of hydrogen-bond donors (Lipinski definition) is 3. The molecule has 0 saturated carbocycles. The van der Waals surface area contributed by atoms with Crippen LogP contribution in [0.4, 0.5) is 9.18 Å². The molecular formula is C21H26FN3O2. The van der Waals surface area contributed by atoms with Crippen LogP contribution in [-0.2, 0) is 0 Å². The van der Waals surface area contributed by atoms with Gasteiger partial charge in [-0.15, -0.1) is 0 Å². The third-order valence-electron chi connectivity index (χ3n) is 4.14. The maximum atomic E-state index is 12.8. The SMILES string of the molecule is CC(C)C(NC(=O)NCCCNC(=O)c1ccc(F)cc1)c1ccccc1. The van der Waals surface area contributed by atoms with Gasteiger partial charge in [0.15, 0.2) is 0 Å². The molecule has 0 saturated heterocycles. The third-order valence-corrected chi connectivity index (χ3v) is 4.14. The van der Waals surface area contributed by atoms with Gasteiger partial charge in [-0.3, -0.25) is 4.79 Å². The first-order valence-electron chi connectivity index (χ1n) is 9.10. The number of carbonyl (C=O) groups is 2. The number of benzene rings is 2. The summed E-state index contributed by atoms with van der Waals surface area (Å²) in [6, 6.07) is 14.9. The van der Waals surface area contributed by atoms with Gasteiger partial charge >= 0.3 is 6.03 Å². The fraction of sp³-hybridized carbons (Fsp3) is 0.333. The van der Waals surface area contributed by atoms with E-state index in [9.17, 15) is 14.0 Å². The monoisotopic (exact) mass is 371 g/mol. The first-order chi connectivity index (χ1) is 13.0. The summed E-state index contributed by atoms with van der Waals surface area (Å²) in [4.78, 5) is 24.0.